The van der Waals surface area contributed by atoms with E-state index in [1.807, 2.05) is 0 Å². The Labute approximate surface area is 86.3 Å². The molecule has 0 heterocycles. The van der Waals surface area contributed by atoms with E-state index in [0.717, 1.165) is 12.8 Å². The normalized spacial score (nSPS) is 16.9. The van der Waals surface area contributed by atoms with Gasteiger partial charge in [-0.2, -0.15) is 0 Å². The minimum atomic E-state index is -0.263. The first-order valence-corrected chi connectivity index (χ1v) is 5.36. The van der Waals surface area contributed by atoms with Gasteiger partial charge < -0.3 is 4.74 Å². The Balaban J connectivity index is 1.98. The third kappa shape index (κ3) is 3.95. The van der Waals surface area contributed by atoms with Crippen LogP contribution in [0.5, 0.6) is 0 Å². The zero-order chi connectivity index (χ0) is 10.4. The highest BCUT2D eigenvalue weighted by Crippen LogP contribution is 2.30. The van der Waals surface area contributed by atoms with E-state index in [-0.39, 0.29) is 5.97 Å². The molecule has 1 saturated carbocycles. The van der Waals surface area contributed by atoms with Crippen LogP contribution in [0.1, 0.15) is 45.4 Å². The molecule has 2 heteroatoms. The molecule has 0 amide bonds. The van der Waals surface area contributed by atoms with Gasteiger partial charge in [-0.3, -0.25) is 0 Å². The van der Waals surface area contributed by atoms with Gasteiger partial charge in [-0.05, 0) is 38.5 Å². The minimum Gasteiger partial charge on any atom is -0.462 e. The molecular weight excluding hydrogens is 176 g/mol. The molecule has 0 unspecified atom stereocenters. The van der Waals surface area contributed by atoms with Crippen molar-refractivity contribution in [3.63, 3.8) is 0 Å². The molecule has 0 bridgehead atoms. The van der Waals surface area contributed by atoms with Crippen molar-refractivity contribution in [2.75, 3.05) is 6.61 Å². The lowest BCUT2D eigenvalue weighted by Crippen LogP contribution is -2.06. The highest BCUT2D eigenvalue weighted by atomic mass is 16.5. The fourth-order valence-electron chi connectivity index (χ4n) is 1.74. The van der Waals surface area contributed by atoms with Crippen LogP contribution < -0.4 is 0 Å². The van der Waals surface area contributed by atoms with Crippen molar-refractivity contribution in [1.29, 1.82) is 0 Å². The zero-order valence-corrected chi connectivity index (χ0v) is 8.97. The predicted octanol–water partition coefficient (Wildman–Crippen LogP) is 3.03. The molecule has 0 aromatic rings. The van der Waals surface area contributed by atoms with E-state index >= 15 is 0 Å². The average Bonchev–Trinajstić information content (AvgIpc) is 2.64. The fourth-order valence-corrected chi connectivity index (χ4v) is 1.74. The molecule has 1 fully saturated rings. The van der Waals surface area contributed by atoms with Crippen molar-refractivity contribution in [2.24, 2.45) is 0 Å². The summed E-state index contributed by atoms with van der Waals surface area (Å²) in [6.45, 7) is 5.74. The summed E-state index contributed by atoms with van der Waals surface area (Å²) in [6.07, 6.45) is 7.36. The van der Waals surface area contributed by atoms with E-state index in [9.17, 15) is 4.79 Å². The maximum Gasteiger partial charge on any atom is 0.333 e. The Bertz CT molecular complexity index is 202. The van der Waals surface area contributed by atoms with Gasteiger partial charge in [0.15, 0.2) is 0 Å². The van der Waals surface area contributed by atoms with Gasteiger partial charge in [-0.25, -0.2) is 4.79 Å². The largest absolute Gasteiger partial charge is 0.462 e. The smallest absolute Gasteiger partial charge is 0.333 e. The van der Waals surface area contributed by atoms with Crippen LogP contribution in [0.2, 0.25) is 0 Å². The summed E-state index contributed by atoms with van der Waals surface area (Å²) in [4.78, 5) is 11.0. The summed E-state index contributed by atoms with van der Waals surface area (Å²) in [7, 11) is 0. The van der Waals surface area contributed by atoms with Gasteiger partial charge in [0.1, 0.15) is 0 Å². The van der Waals surface area contributed by atoms with Crippen molar-refractivity contribution in [3.05, 3.63) is 18.1 Å². The number of esters is 1. The Morgan fingerprint density at radius 2 is 2.07 bits per heavy atom. The van der Waals surface area contributed by atoms with Crippen LogP contribution in [0.4, 0.5) is 0 Å². The van der Waals surface area contributed by atoms with Gasteiger partial charge in [0.25, 0.3) is 0 Å². The quantitative estimate of drug-likeness (QED) is 0.383. The molecule has 0 aromatic heterocycles. The summed E-state index contributed by atoms with van der Waals surface area (Å²) in [5, 5.41) is 0. The second kappa shape index (κ2) is 5.84. The minimum absolute atomic E-state index is 0.263. The van der Waals surface area contributed by atoms with Crippen LogP contribution in [0.25, 0.3) is 0 Å². The average molecular weight is 195 g/mol. The van der Waals surface area contributed by atoms with Gasteiger partial charge in [0, 0.05) is 5.57 Å². The highest BCUT2D eigenvalue weighted by molar-refractivity contribution is 5.86. The van der Waals surface area contributed by atoms with E-state index in [2.05, 4.69) is 6.58 Å². The molecular formula is C12H19O2. The molecule has 1 rings (SSSR count). The maximum atomic E-state index is 11.0. The van der Waals surface area contributed by atoms with Crippen LogP contribution in [0, 0.1) is 5.92 Å². The Kier molecular flexibility index (Phi) is 4.71. The number of hydrogen-bond donors (Lipinski definition) is 0. The highest BCUT2D eigenvalue weighted by Gasteiger charge is 2.14. The first-order chi connectivity index (χ1) is 6.70. The number of carbonyl (C=O) groups excluding carboxylic acids is 1. The van der Waals surface area contributed by atoms with Gasteiger partial charge in [0.2, 0.25) is 0 Å². The molecule has 14 heavy (non-hydrogen) atoms. The molecule has 0 N–H and O–H groups in total. The number of ether oxygens (including phenoxy) is 1. The molecule has 0 saturated heterocycles. The molecule has 1 aliphatic carbocycles. The predicted molar refractivity (Wildman–Crippen MR) is 56.7 cm³/mol. The Morgan fingerprint density at radius 3 is 2.64 bits per heavy atom. The SMILES string of the molecule is C=C(C)C(=O)OCCC[C]1CCCC1. The summed E-state index contributed by atoms with van der Waals surface area (Å²) < 4.78 is 5.01. The number of carbonyl (C=O) groups is 1. The molecule has 0 aliphatic heterocycles. The zero-order valence-electron chi connectivity index (χ0n) is 8.97. The van der Waals surface area contributed by atoms with E-state index in [4.69, 9.17) is 4.74 Å². The molecule has 79 valence electrons. The van der Waals surface area contributed by atoms with Gasteiger partial charge in [-0.1, -0.05) is 19.4 Å². The van der Waals surface area contributed by atoms with E-state index in [1.54, 1.807) is 12.8 Å². The van der Waals surface area contributed by atoms with Crippen LogP contribution in [0.3, 0.4) is 0 Å². The second-order valence-electron chi connectivity index (χ2n) is 3.98. The lowest BCUT2D eigenvalue weighted by Gasteiger charge is -2.08. The monoisotopic (exact) mass is 195 g/mol. The van der Waals surface area contributed by atoms with Crippen molar-refractivity contribution < 1.29 is 9.53 Å². The topological polar surface area (TPSA) is 26.3 Å². The molecule has 0 spiro atoms. The van der Waals surface area contributed by atoms with Crippen LogP contribution >= 0.6 is 0 Å². The second-order valence-corrected chi connectivity index (χ2v) is 3.98. The third-order valence-corrected chi connectivity index (χ3v) is 2.57. The standard InChI is InChI=1S/C12H19O2/c1-10(2)12(13)14-9-5-8-11-6-3-4-7-11/h1,3-9H2,2H3. The summed E-state index contributed by atoms with van der Waals surface area (Å²) >= 11 is 0. The summed E-state index contributed by atoms with van der Waals surface area (Å²) in [6, 6.07) is 0. The lowest BCUT2D eigenvalue weighted by atomic mass is 10.0. The van der Waals surface area contributed by atoms with E-state index < -0.39 is 0 Å². The summed E-state index contributed by atoms with van der Waals surface area (Å²) in [5.74, 6) is 1.39. The van der Waals surface area contributed by atoms with Crippen molar-refractivity contribution >= 4 is 5.97 Å². The number of hydrogen-bond acceptors (Lipinski definition) is 2. The van der Waals surface area contributed by atoms with Crippen molar-refractivity contribution in [3.8, 4) is 0 Å². The van der Waals surface area contributed by atoms with Gasteiger partial charge in [0.05, 0.1) is 6.61 Å². The lowest BCUT2D eigenvalue weighted by molar-refractivity contribution is -0.139. The first kappa shape index (κ1) is 11.3. The summed E-state index contributed by atoms with van der Waals surface area (Å²) in [5.41, 5.74) is 0.485. The molecule has 1 aliphatic rings. The van der Waals surface area contributed by atoms with Gasteiger partial charge >= 0.3 is 5.97 Å². The third-order valence-electron chi connectivity index (χ3n) is 2.57. The Hall–Kier alpha value is -0.790. The number of rotatable bonds is 5. The maximum absolute atomic E-state index is 11.0. The molecule has 0 aromatic carbocycles. The molecule has 0 atom stereocenters. The van der Waals surface area contributed by atoms with Crippen molar-refractivity contribution in [1.82, 2.24) is 0 Å². The first-order valence-electron chi connectivity index (χ1n) is 5.36. The molecule has 1 radical (unpaired) electrons. The van der Waals surface area contributed by atoms with Gasteiger partial charge in [-0.15, -0.1) is 0 Å². The fraction of sp³-hybridized carbons (Fsp3) is 0.667. The van der Waals surface area contributed by atoms with Crippen LogP contribution in [0.15, 0.2) is 12.2 Å². The van der Waals surface area contributed by atoms with E-state index in [0.29, 0.717) is 12.2 Å². The molecule has 2 nitrogen and oxygen atoms in total. The van der Waals surface area contributed by atoms with E-state index in [1.165, 1.54) is 25.7 Å². The van der Waals surface area contributed by atoms with Crippen LogP contribution in [-0.2, 0) is 9.53 Å². The van der Waals surface area contributed by atoms with Crippen molar-refractivity contribution in [2.45, 2.75) is 45.4 Å². The Morgan fingerprint density at radius 1 is 1.43 bits per heavy atom. The van der Waals surface area contributed by atoms with Crippen LogP contribution in [-0.4, -0.2) is 12.6 Å².